The van der Waals surface area contributed by atoms with Gasteiger partial charge in [-0.15, -0.1) is 0 Å². The number of carbonyl (C=O) groups excluding carboxylic acids is 1. The molecule has 5 heteroatoms. The van der Waals surface area contributed by atoms with E-state index in [0.29, 0.717) is 18.5 Å². The second-order valence-corrected chi connectivity index (χ2v) is 7.25. The van der Waals surface area contributed by atoms with Gasteiger partial charge in [-0.05, 0) is 43.4 Å². The Kier molecular flexibility index (Phi) is 4.20. The highest BCUT2D eigenvalue weighted by molar-refractivity contribution is 5.82. The van der Waals surface area contributed by atoms with E-state index in [1.54, 1.807) is 0 Å². The molecule has 118 valence electrons. The first kappa shape index (κ1) is 14.8. The van der Waals surface area contributed by atoms with Crippen molar-refractivity contribution in [1.29, 1.82) is 0 Å². The van der Waals surface area contributed by atoms with E-state index in [4.69, 9.17) is 5.11 Å². The third-order valence-corrected chi connectivity index (χ3v) is 5.76. The molecule has 1 saturated heterocycles. The highest BCUT2D eigenvalue weighted by Crippen LogP contribution is 2.43. The van der Waals surface area contributed by atoms with Gasteiger partial charge >= 0.3 is 5.97 Å². The second kappa shape index (κ2) is 5.95. The van der Waals surface area contributed by atoms with E-state index in [9.17, 15) is 9.59 Å². The summed E-state index contributed by atoms with van der Waals surface area (Å²) < 4.78 is 0. The molecule has 21 heavy (non-hydrogen) atoms. The van der Waals surface area contributed by atoms with Crippen LogP contribution in [0, 0.1) is 11.3 Å². The Balaban J connectivity index is 1.49. The molecule has 0 aromatic carbocycles. The maximum absolute atomic E-state index is 12.3. The van der Waals surface area contributed by atoms with E-state index in [2.05, 4.69) is 10.6 Å². The minimum atomic E-state index is -0.756. The third-order valence-electron chi connectivity index (χ3n) is 5.76. The largest absolute Gasteiger partial charge is 0.481 e. The highest BCUT2D eigenvalue weighted by Gasteiger charge is 2.41. The molecular formula is C16H26N2O3. The smallest absolute Gasteiger partial charge is 0.303 e. The van der Waals surface area contributed by atoms with Crippen molar-refractivity contribution in [3.05, 3.63) is 0 Å². The van der Waals surface area contributed by atoms with Crippen molar-refractivity contribution in [2.24, 2.45) is 11.3 Å². The molecule has 0 spiro atoms. The standard InChI is InChI=1S/C16H26N2O3/c19-14(20)9-16(6-3-7-16)10-17-15(21)13-8-11-4-1-2-5-12(11)18-13/h11-13,18H,1-10H2,(H,17,21)(H,19,20). The Morgan fingerprint density at radius 2 is 1.95 bits per heavy atom. The van der Waals surface area contributed by atoms with Gasteiger partial charge in [0.25, 0.3) is 0 Å². The van der Waals surface area contributed by atoms with Crippen molar-refractivity contribution in [1.82, 2.24) is 10.6 Å². The molecule has 3 N–H and O–H groups in total. The first-order valence-electron chi connectivity index (χ1n) is 8.34. The normalized spacial score (nSPS) is 33.8. The molecule has 3 aliphatic rings. The number of aliphatic carboxylic acids is 1. The lowest BCUT2D eigenvalue weighted by molar-refractivity contribution is -0.142. The minimum Gasteiger partial charge on any atom is -0.481 e. The zero-order valence-electron chi connectivity index (χ0n) is 12.6. The first-order valence-corrected chi connectivity index (χ1v) is 8.34. The maximum Gasteiger partial charge on any atom is 0.303 e. The number of carboxylic acids is 1. The van der Waals surface area contributed by atoms with Crippen LogP contribution in [0.4, 0.5) is 0 Å². The number of nitrogens with one attached hydrogen (secondary N) is 2. The topological polar surface area (TPSA) is 78.4 Å². The van der Waals surface area contributed by atoms with Gasteiger partial charge in [0.15, 0.2) is 0 Å². The maximum atomic E-state index is 12.3. The molecule has 0 aromatic rings. The first-order chi connectivity index (χ1) is 10.1. The summed E-state index contributed by atoms with van der Waals surface area (Å²) in [4.78, 5) is 23.3. The molecule has 0 radical (unpaired) electrons. The van der Waals surface area contributed by atoms with Crippen LogP contribution >= 0.6 is 0 Å². The van der Waals surface area contributed by atoms with Crippen LogP contribution in [0.25, 0.3) is 0 Å². The lowest BCUT2D eigenvalue weighted by atomic mass is 9.66. The van der Waals surface area contributed by atoms with Crippen molar-refractivity contribution in [2.45, 2.75) is 69.9 Å². The molecule has 3 atom stereocenters. The molecule has 1 aliphatic heterocycles. The monoisotopic (exact) mass is 294 g/mol. The quantitative estimate of drug-likeness (QED) is 0.720. The molecule has 0 aromatic heterocycles. The number of hydrogen-bond donors (Lipinski definition) is 3. The predicted molar refractivity (Wildman–Crippen MR) is 78.8 cm³/mol. The molecule has 3 rings (SSSR count). The zero-order chi connectivity index (χ0) is 14.9. The Morgan fingerprint density at radius 1 is 1.19 bits per heavy atom. The Morgan fingerprint density at radius 3 is 2.57 bits per heavy atom. The van der Waals surface area contributed by atoms with Gasteiger partial charge in [0.1, 0.15) is 0 Å². The van der Waals surface area contributed by atoms with Crippen molar-refractivity contribution in [2.75, 3.05) is 6.54 Å². The van der Waals surface area contributed by atoms with Crippen LogP contribution in [0.5, 0.6) is 0 Å². The third kappa shape index (κ3) is 3.23. The average molecular weight is 294 g/mol. The van der Waals surface area contributed by atoms with Crippen LogP contribution in [0.15, 0.2) is 0 Å². The van der Waals surface area contributed by atoms with Gasteiger partial charge in [0.05, 0.1) is 12.5 Å². The summed E-state index contributed by atoms with van der Waals surface area (Å²) in [5.41, 5.74) is -0.188. The molecule has 2 saturated carbocycles. The van der Waals surface area contributed by atoms with Crippen LogP contribution in [-0.4, -0.2) is 35.6 Å². The van der Waals surface area contributed by atoms with Crippen LogP contribution in [0.1, 0.15) is 57.8 Å². The van der Waals surface area contributed by atoms with Gasteiger partial charge < -0.3 is 15.7 Å². The number of rotatable bonds is 5. The van der Waals surface area contributed by atoms with E-state index in [-0.39, 0.29) is 23.8 Å². The molecule has 0 bridgehead atoms. The predicted octanol–water partition coefficient (Wildman–Crippen LogP) is 1.67. The zero-order valence-corrected chi connectivity index (χ0v) is 12.6. The minimum absolute atomic E-state index is 0.0694. The van der Waals surface area contributed by atoms with Gasteiger partial charge in [-0.3, -0.25) is 9.59 Å². The lowest BCUT2D eigenvalue weighted by Gasteiger charge is -2.41. The number of hydrogen-bond acceptors (Lipinski definition) is 3. The van der Waals surface area contributed by atoms with Gasteiger partial charge in [-0.25, -0.2) is 0 Å². The second-order valence-electron chi connectivity index (χ2n) is 7.25. The SMILES string of the molecule is O=C(O)CC1(CNC(=O)C2CC3CCCCC3N2)CCC1. The van der Waals surface area contributed by atoms with Crippen LogP contribution in [0.3, 0.4) is 0 Å². The van der Waals surface area contributed by atoms with Gasteiger partial charge in [-0.1, -0.05) is 19.3 Å². The fraction of sp³-hybridized carbons (Fsp3) is 0.875. The summed E-state index contributed by atoms with van der Waals surface area (Å²) in [6.07, 6.45) is 9.03. The number of amides is 1. The summed E-state index contributed by atoms with van der Waals surface area (Å²) in [6.45, 7) is 0.519. The summed E-state index contributed by atoms with van der Waals surface area (Å²) in [5, 5.41) is 15.5. The Hall–Kier alpha value is -1.10. The fourth-order valence-corrected chi connectivity index (χ4v) is 4.33. The van der Waals surface area contributed by atoms with Crippen molar-refractivity contribution >= 4 is 11.9 Å². The Bertz CT molecular complexity index is 406. The number of carboxylic acid groups (broad SMARTS) is 1. The summed E-state index contributed by atoms with van der Waals surface area (Å²) in [7, 11) is 0. The number of fused-ring (bicyclic) bond motifs is 1. The van der Waals surface area contributed by atoms with Gasteiger partial charge in [0, 0.05) is 12.6 Å². The fourth-order valence-electron chi connectivity index (χ4n) is 4.33. The molecule has 5 nitrogen and oxygen atoms in total. The van der Waals surface area contributed by atoms with E-state index in [0.717, 1.165) is 25.7 Å². The van der Waals surface area contributed by atoms with E-state index >= 15 is 0 Å². The summed E-state index contributed by atoms with van der Waals surface area (Å²) in [6, 6.07) is 0.450. The lowest BCUT2D eigenvalue weighted by Crippen LogP contribution is -2.49. The molecule has 3 unspecified atom stereocenters. The summed E-state index contributed by atoms with van der Waals surface area (Å²) in [5.74, 6) is -0.0267. The Labute approximate surface area is 125 Å². The average Bonchev–Trinajstić information content (AvgIpc) is 2.84. The van der Waals surface area contributed by atoms with Crippen LogP contribution < -0.4 is 10.6 Å². The van der Waals surface area contributed by atoms with E-state index in [1.807, 2.05) is 0 Å². The molecule has 3 fully saturated rings. The molecular weight excluding hydrogens is 268 g/mol. The van der Waals surface area contributed by atoms with Crippen LogP contribution in [0.2, 0.25) is 0 Å². The van der Waals surface area contributed by atoms with E-state index in [1.165, 1.54) is 25.7 Å². The number of carbonyl (C=O) groups is 2. The van der Waals surface area contributed by atoms with Crippen LogP contribution in [-0.2, 0) is 9.59 Å². The van der Waals surface area contributed by atoms with E-state index < -0.39 is 5.97 Å². The molecule has 1 amide bonds. The van der Waals surface area contributed by atoms with Gasteiger partial charge in [-0.2, -0.15) is 0 Å². The highest BCUT2D eigenvalue weighted by atomic mass is 16.4. The van der Waals surface area contributed by atoms with Crippen molar-refractivity contribution < 1.29 is 14.7 Å². The molecule has 2 aliphatic carbocycles. The van der Waals surface area contributed by atoms with Crippen molar-refractivity contribution in [3.8, 4) is 0 Å². The summed E-state index contributed by atoms with van der Waals surface area (Å²) >= 11 is 0. The van der Waals surface area contributed by atoms with Gasteiger partial charge in [0.2, 0.25) is 5.91 Å². The van der Waals surface area contributed by atoms with Crippen molar-refractivity contribution in [3.63, 3.8) is 0 Å². The molecule has 1 heterocycles.